The molecule has 0 bridgehead atoms. The summed E-state index contributed by atoms with van der Waals surface area (Å²) in [4.78, 5) is 19.3. The van der Waals surface area contributed by atoms with E-state index in [9.17, 15) is 18.0 Å². The predicted octanol–water partition coefficient (Wildman–Crippen LogP) is 3.09. The number of amides is 1. The summed E-state index contributed by atoms with van der Waals surface area (Å²) >= 11 is 2.97. The van der Waals surface area contributed by atoms with Crippen LogP contribution in [0.4, 0.5) is 24.7 Å². The molecular formula is C12H8BrF3N4O. The van der Waals surface area contributed by atoms with Gasteiger partial charge in [-0.3, -0.25) is 4.79 Å². The first-order valence-corrected chi connectivity index (χ1v) is 6.31. The second-order valence-electron chi connectivity index (χ2n) is 4.01. The number of nitrogens with zero attached hydrogens (tertiary/aromatic N) is 2. The molecule has 0 aliphatic heterocycles. The van der Waals surface area contributed by atoms with Crippen LogP contribution in [0.3, 0.4) is 0 Å². The van der Waals surface area contributed by atoms with Crippen LogP contribution in [0.5, 0.6) is 0 Å². The Hall–Kier alpha value is -2.16. The van der Waals surface area contributed by atoms with Gasteiger partial charge in [0.25, 0.3) is 5.91 Å². The normalized spacial score (nSPS) is 11.2. The minimum Gasteiger partial charge on any atom is -0.382 e. The highest BCUT2D eigenvalue weighted by molar-refractivity contribution is 9.10. The molecule has 110 valence electrons. The maximum absolute atomic E-state index is 12.7. The standard InChI is InChI=1S/C12H8BrF3N4O/c13-7-1-6(12(14,15)16)2-8(3-7)20-11(21)9-4-19-10(17)5-18-9/h1-5H,(H2,17,19)(H,20,21). The Morgan fingerprint density at radius 2 is 1.90 bits per heavy atom. The third-order valence-electron chi connectivity index (χ3n) is 2.39. The fraction of sp³-hybridized carbons (Fsp3) is 0.0833. The van der Waals surface area contributed by atoms with Gasteiger partial charge in [0.05, 0.1) is 18.0 Å². The lowest BCUT2D eigenvalue weighted by molar-refractivity contribution is -0.137. The quantitative estimate of drug-likeness (QED) is 0.862. The molecule has 9 heteroatoms. The summed E-state index contributed by atoms with van der Waals surface area (Å²) in [6.07, 6.45) is -2.20. The first-order chi connectivity index (χ1) is 9.75. The van der Waals surface area contributed by atoms with Gasteiger partial charge >= 0.3 is 6.18 Å². The molecule has 0 aliphatic carbocycles. The SMILES string of the molecule is Nc1cnc(C(=O)Nc2cc(Br)cc(C(F)(F)F)c2)cn1. The molecule has 21 heavy (non-hydrogen) atoms. The van der Waals surface area contributed by atoms with Gasteiger partial charge in [-0.1, -0.05) is 15.9 Å². The van der Waals surface area contributed by atoms with Crippen molar-refractivity contribution in [1.82, 2.24) is 9.97 Å². The van der Waals surface area contributed by atoms with Gasteiger partial charge in [0, 0.05) is 10.2 Å². The lowest BCUT2D eigenvalue weighted by atomic mass is 10.2. The Labute approximate surface area is 125 Å². The van der Waals surface area contributed by atoms with Crippen LogP contribution in [0, 0.1) is 0 Å². The highest BCUT2D eigenvalue weighted by atomic mass is 79.9. The molecule has 0 unspecified atom stereocenters. The smallest absolute Gasteiger partial charge is 0.382 e. The average molecular weight is 361 g/mol. The van der Waals surface area contributed by atoms with Crippen molar-refractivity contribution in [2.45, 2.75) is 6.18 Å². The van der Waals surface area contributed by atoms with Crippen LogP contribution < -0.4 is 11.1 Å². The Kier molecular flexibility index (Phi) is 4.12. The zero-order chi connectivity index (χ0) is 15.6. The molecule has 1 heterocycles. The maximum atomic E-state index is 12.7. The summed E-state index contributed by atoms with van der Waals surface area (Å²) in [6.45, 7) is 0. The molecule has 0 radical (unpaired) electrons. The Bertz CT molecular complexity index is 673. The number of rotatable bonds is 2. The third-order valence-corrected chi connectivity index (χ3v) is 2.85. The number of anilines is 2. The van der Waals surface area contributed by atoms with Crippen LogP contribution >= 0.6 is 15.9 Å². The summed E-state index contributed by atoms with van der Waals surface area (Å²) in [5.41, 5.74) is 4.38. The summed E-state index contributed by atoms with van der Waals surface area (Å²) in [5.74, 6) is -0.554. The van der Waals surface area contributed by atoms with Crippen LogP contribution in [0.25, 0.3) is 0 Å². The number of hydrogen-bond donors (Lipinski definition) is 2. The second-order valence-corrected chi connectivity index (χ2v) is 4.92. The molecule has 1 aromatic heterocycles. The topological polar surface area (TPSA) is 80.9 Å². The van der Waals surface area contributed by atoms with Crippen molar-refractivity contribution in [1.29, 1.82) is 0 Å². The molecule has 0 saturated heterocycles. The molecule has 0 atom stereocenters. The van der Waals surface area contributed by atoms with Gasteiger partial charge in [-0.25, -0.2) is 9.97 Å². The summed E-state index contributed by atoms with van der Waals surface area (Å²) in [5, 5.41) is 2.32. The van der Waals surface area contributed by atoms with E-state index in [1.807, 2.05) is 0 Å². The zero-order valence-electron chi connectivity index (χ0n) is 10.3. The van der Waals surface area contributed by atoms with E-state index >= 15 is 0 Å². The molecule has 1 aromatic carbocycles. The molecule has 5 nitrogen and oxygen atoms in total. The van der Waals surface area contributed by atoms with Crippen LogP contribution in [0.15, 0.2) is 35.1 Å². The number of hydrogen-bond acceptors (Lipinski definition) is 4. The number of carbonyl (C=O) groups is 1. The van der Waals surface area contributed by atoms with Gasteiger partial charge in [-0.05, 0) is 18.2 Å². The van der Waals surface area contributed by atoms with E-state index in [1.165, 1.54) is 12.3 Å². The molecule has 3 N–H and O–H groups in total. The summed E-state index contributed by atoms with van der Waals surface area (Å²) in [7, 11) is 0. The van der Waals surface area contributed by atoms with E-state index in [0.717, 1.165) is 18.3 Å². The lowest BCUT2D eigenvalue weighted by Gasteiger charge is -2.11. The van der Waals surface area contributed by atoms with Crippen molar-refractivity contribution >= 4 is 33.3 Å². The monoisotopic (exact) mass is 360 g/mol. The van der Waals surface area contributed by atoms with Crippen LogP contribution in [-0.4, -0.2) is 15.9 Å². The fourth-order valence-corrected chi connectivity index (χ4v) is 1.97. The van der Waals surface area contributed by atoms with Crippen molar-refractivity contribution in [2.24, 2.45) is 0 Å². The van der Waals surface area contributed by atoms with Crippen molar-refractivity contribution < 1.29 is 18.0 Å². The van der Waals surface area contributed by atoms with Crippen molar-refractivity contribution in [2.75, 3.05) is 11.1 Å². The number of nitrogen functional groups attached to an aromatic ring is 1. The molecule has 0 aliphatic rings. The first-order valence-electron chi connectivity index (χ1n) is 5.52. The number of aromatic nitrogens is 2. The number of halogens is 4. The zero-order valence-corrected chi connectivity index (χ0v) is 11.9. The van der Waals surface area contributed by atoms with E-state index in [0.29, 0.717) is 0 Å². The molecule has 0 saturated carbocycles. The number of carbonyl (C=O) groups excluding carboxylic acids is 1. The van der Waals surface area contributed by atoms with Gasteiger partial charge in [-0.15, -0.1) is 0 Å². The van der Waals surface area contributed by atoms with E-state index in [4.69, 9.17) is 5.73 Å². The summed E-state index contributed by atoms with van der Waals surface area (Å²) < 4.78 is 38.2. The number of nitrogens with two attached hydrogens (primary N) is 1. The number of alkyl halides is 3. The largest absolute Gasteiger partial charge is 0.416 e. The Morgan fingerprint density at radius 1 is 1.19 bits per heavy atom. The van der Waals surface area contributed by atoms with Crippen LogP contribution in [0.2, 0.25) is 0 Å². The molecular weight excluding hydrogens is 353 g/mol. The van der Waals surface area contributed by atoms with Crippen molar-refractivity contribution in [3.63, 3.8) is 0 Å². The Morgan fingerprint density at radius 3 is 2.48 bits per heavy atom. The van der Waals surface area contributed by atoms with Gasteiger partial charge in [0.1, 0.15) is 11.5 Å². The van der Waals surface area contributed by atoms with Crippen molar-refractivity contribution in [3.05, 3.63) is 46.3 Å². The molecule has 0 spiro atoms. The highest BCUT2D eigenvalue weighted by Crippen LogP contribution is 2.33. The molecule has 1 amide bonds. The van der Waals surface area contributed by atoms with Crippen molar-refractivity contribution in [3.8, 4) is 0 Å². The van der Waals surface area contributed by atoms with Crippen LogP contribution in [-0.2, 0) is 6.18 Å². The lowest BCUT2D eigenvalue weighted by Crippen LogP contribution is -2.15. The summed E-state index contributed by atoms with van der Waals surface area (Å²) in [6, 6.07) is 3.09. The Balaban J connectivity index is 2.25. The van der Waals surface area contributed by atoms with Crippen LogP contribution in [0.1, 0.15) is 16.1 Å². The molecule has 0 fully saturated rings. The van der Waals surface area contributed by atoms with Gasteiger partial charge in [0.15, 0.2) is 0 Å². The van der Waals surface area contributed by atoms with E-state index in [1.54, 1.807) is 0 Å². The predicted molar refractivity (Wildman–Crippen MR) is 73.5 cm³/mol. The molecule has 2 rings (SSSR count). The number of benzene rings is 1. The number of nitrogens with one attached hydrogen (secondary N) is 1. The first kappa shape index (κ1) is 15.2. The minimum atomic E-state index is -4.51. The second kappa shape index (κ2) is 5.68. The molecule has 2 aromatic rings. The third kappa shape index (κ3) is 3.91. The minimum absolute atomic E-state index is 0.0136. The van der Waals surface area contributed by atoms with Gasteiger partial charge in [-0.2, -0.15) is 13.2 Å². The fourth-order valence-electron chi connectivity index (χ4n) is 1.48. The van der Waals surface area contributed by atoms with E-state index in [-0.39, 0.29) is 21.7 Å². The van der Waals surface area contributed by atoms with E-state index < -0.39 is 17.6 Å². The van der Waals surface area contributed by atoms with E-state index in [2.05, 4.69) is 31.2 Å². The van der Waals surface area contributed by atoms with Gasteiger partial charge in [0.2, 0.25) is 0 Å². The maximum Gasteiger partial charge on any atom is 0.416 e. The van der Waals surface area contributed by atoms with Gasteiger partial charge < -0.3 is 11.1 Å². The highest BCUT2D eigenvalue weighted by Gasteiger charge is 2.31. The average Bonchev–Trinajstić information content (AvgIpc) is 2.37.